The highest BCUT2D eigenvalue weighted by Gasteiger charge is 2.29. The van der Waals surface area contributed by atoms with Crippen molar-refractivity contribution in [2.24, 2.45) is 16.2 Å². The van der Waals surface area contributed by atoms with Gasteiger partial charge in [0.2, 0.25) is 0 Å². The zero-order chi connectivity index (χ0) is 28.6. The summed E-state index contributed by atoms with van der Waals surface area (Å²) in [4.78, 5) is 5.00. The SMILES string of the molecule is CC(C)(C)Cc1ccc2c(CC(C)(C)C)c3c(cc2c1)-c1nccc2c1c(cc1cc(CC(C)(C)C)ccc12)O3. The first-order chi connectivity index (χ1) is 18.7. The van der Waals surface area contributed by atoms with Crippen LogP contribution in [0.5, 0.6) is 11.5 Å². The van der Waals surface area contributed by atoms with Gasteiger partial charge in [-0.15, -0.1) is 0 Å². The van der Waals surface area contributed by atoms with Gasteiger partial charge in [0, 0.05) is 17.3 Å². The van der Waals surface area contributed by atoms with Crippen molar-refractivity contribution >= 4 is 32.3 Å². The Morgan fingerprint density at radius 3 is 1.77 bits per heavy atom. The quantitative estimate of drug-likeness (QED) is 0.213. The summed E-state index contributed by atoms with van der Waals surface area (Å²) in [5.41, 5.74) is 6.76. The van der Waals surface area contributed by atoms with Crippen LogP contribution < -0.4 is 4.74 Å². The highest BCUT2D eigenvalue weighted by molar-refractivity contribution is 6.16. The molecule has 0 atom stereocenters. The summed E-state index contributed by atoms with van der Waals surface area (Å²) in [6.07, 6.45) is 4.99. The molecule has 0 spiro atoms. The van der Waals surface area contributed by atoms with Gasteiger partial charge in [0.05, 0.1) is 11.1 Å². The molecule has 1 aliphatic heterocycles. The van der Waals surface area contributed by atoms with Crippen LogP contribution in [0.2, 0.25) is 0 Å². The van der Waals surface area contributed by atoms with Gasteiger partial charge in [-0.1, -0.05) is 98.7 Å². The molecule has 5 aromatic rings. The van der Waals surface area contributed by atoms with Crippen LogP contribution in [-0.2, 0) is 19.3 Å². The summed E-state index contributed by atoms with van der Waals surface area (Å²) >= 11 is 0. The summed E-state index contributed by atoms with van der Waals surface area (Å²) < 4.78 is 6.95. The molecule has 2 heteroatoms. The molecule has 0 aliphatic carbocycles. The first-order valence-electron chi connectivity index (χ1n) is 14.8. The van der Waals surface area contributed by atoms with Crippen molar-refractivity contribution in [3.8, 4) is 22.8 Å². The highest BCUT2D eigenvalue weighted by atomic mass is 16.5. The van der Waals surface area contributed by atoms with Gasteiger partial charge in [0.15, 0.2) is 0 Å². The van der Waals surface area contributed by atoms with E-state index in [1.54, 1.807) is 0 Å². The first-order valence-corrected chi connectivity index (χ1v) is 14.8. The molecule has 1 aromatic heterocycles. The molecule has 0 saturated carbocycles. The Labute approximate surface area is 239 Å². The highest BCUT2D eigenvalue weighted by Crippen LogP contribution is 2.51. The summed E-state index contributed by atoms with van der Waals surface area (Å²) in [6.45, 7) is 20.7. The molecule has 1 aliphatic rings. The molecule has 2 heterocycles. The van der Waals surface area contributed by atoms with Crippen LogP contribution in [0.25, 0.3) is 43.6 Å². The van der Waals surface area contributed by atoms with Crippen molar-refractivity contribution < 1.29 is 4.74 Å². The number of aromatic nitrogens is 1. The third-order valence-electron chi connectivity index (χ3n) is 7.79. The minimum atomic E-state index is 0.112. The van der Waals surface area contributed by atoms with E-state index in [-0.39, 0.29) is 16.2 Å². The maximum absolute atomic E-state index is 6.95. The Kier molecular flexibility index (Phi) is 6.07. The van der Waals surface area contributed by atoms with E-state index in [0.29, 0.717) is 0 Å². The standard InChI is InChI=1S/C38H43NO/c1-36(2,3)20-23-11-13-28-25(16-23)18-30-34-33-29(14-15-39-34)27-12-10-24(21-37(4,5)6)17-26(27)19-32(33)40-35(30)31(28)22-38(7,8)9/h10-19H,20-22H2,1-9H3. The van der Waals surface area contributed by atoms with E-state index in [1.807, 2.05) is 6.20 Å². The van der Waals surface area contributed by atoms with Crippen molar-refractivity contribution in [2.45, 2.75) is 81.6 Å². The number of nitrogens with zero attached hydrogens (tertiary/aromatic N) is 1. The molecule has 0 radical (unpaired) electrons. The second kappa shape index (κ2) is 9.06. The van der Waals surface area contributed by atoms with Gasteiger partial charge in [-0.25, -0.2) is 0 Å². The van der Waals surface area contributed by atoms with E-state index in [2.05, 4.69) is 117 Å². The number of rotatable bonds is 3. The van der Waals surface area contributed by atoms with Gasteiger partial charge in [-0.05, 0) is 91.8 Å². The normalized spacial score (nSPS) is 13.6. The molecule has 0 amide bonds. The molecule has 40 heavy (non-hydrogen) atoms. The van der Waals surface area contributed by atoms with Crippen molar-refractivity contribution in [3.63, 3.8) is 0 Å². The van der Waals surface area contributed by atoms with Crippen molar-refractivity contribution in [1.29, 1.82) is 0 Å². The van der Waals surface area contributed by atoms with E-state index in [1.165, 1.54) is 43.6 Å². The molecular weight excluding hydrogens is 486 g/mol. The number of pyridine rings is 1. The van der Waals surface area contributed by atoms with E-state index in [9.17, 15) is 0 Å². The van der Waals surface area contributed by atoms with Gasteiger partial charge in [-0.2, -0.15) is 0 Å². The molecule has 0 fully saturated rings. The van der Waals surface area contributed by atoms with Crippen LogP contribution in [-0.4, -0.2) is 4.98 Å². The number of ether oxygens (including phenoxy) is 1. The number of hydrogen-bond donors (Lipinski definition) is 0. The van der Waals surface area contributed by atoms with E-state index in [4.69, 9.17) is 9.72 Å². The monoisotopic (exact) mass is 529 g/mol. The molecule has 0 bridgehead atoms. The fourth-order valence-corrected chi connectivity index (χ4v) is 6.48. The third-order valence-corrected chi connectivity index (χ3v) is 7.79. The second-order valence-corrected chi connectivity index (χ2v) is 15.6. The average Bonchev–Trinajstić information content (AvgIpc) is 2.81. The van der Waals surface area contributed by atoms with Gasteiger partial charge in [0.25, 0.3) is 0 Å². The minimum Gasteiger partial charge on any atom is -0.456 e. The van der Waals surface area contributed by atoms with Crippen molar-refractivity contribution in [3.05, 3.63) is 77.5 Å². The lowest BCUT2D eigenvalue weighted by Gasteiger charge is -2.28. The number of fused-ring (bicyclic) bond motifs is 5. The molecule has 206 valence electrons. The Morgan fingerprint density at radius 2 is 1.18 bits per heavy atom. The lowest BCUT2D eigenvalue weighted by atomic mass is 9.82. The Balaban J connectivity index is 1.61. The van der Waals surface area contributed by atoms with Gasteiger partial charge in [0.1, 0.15) is 11.5 Å². The minimum absolute atomic E-state index is 0.112. The van der Waals surface area contributed by atoms with Gasteiger partial charge in [-0.3, -0.25) is 4.98 Å². The van der Waals surface area contributed by atoms with E-state index in [0.717, 1.165) is 47.4 Å². The number of benzene rings is 4. The lowest BCUT2D eigenvalue weighted by molar-refractivity contribution is 0.400. The zero-order valence-electron chi connectivity index (χ0n) is 25.8. The van der Waals surface area contributed by atoms with Crippen LogP contribution in [0.15, 0.2) is 60.8 Å². The van der Waals surface area contributed by atoms with Gasteiger partial charge >= 0.3 is 0 Å². The van der Waals surface area contributed by atoms with Crippen LogP contribution >= 0.6 is 0 Å². The second-order valence-electron chi connectivity index (χ2n) is 15.6. The largest absolute Gasteiger partial charge is 0.456 e. The summed E-state index contributed by atoms with van der Waals surface area (Å²) in [6, 6.07) is 20.7. The van der Waals surface area contributed by atoms with Crippen LogP contribution in [0.4, 0.5) is 0 Å². The van der Waals surface area contributed by atoms with Crippen LogP contribution in [0.3, 0.4) is 0 Å². The lowest BCUT2D eigenvalue weighted by Crippen LogP contribution is -2.13. The Bertz CT molecular complexity index is 1790. The zero-order valence-corrected chi connectivity index (χ0v) is 25.8. The molecule has 6 rings (SSSR count). The topological polar surface area (TPSA) is 22.1 Å². The number of hydrogen-bond acceptors (Lipinski definition) is 2. The van der Waals surface area contributed by atoms with Crippen LogP contribution in [0, 0.1) is 16.2 Å². The maximum Gasteiger partial charge on any atom is 0.140 e. The fraction of sp³-hybridized carbons (Fsp3) is 0.395. The molecule has 4 aromatic carbocycles. The predicted molar refractivity (Wildman–Crippen MR) is 172 cm³/mol. The summed E-state index contributed by atoms with van der Waals surface area (Å²) in [5, 5.41) is 7.39. The van der Waals surface area contributed by atoms with Crippen LogP contribution in [0.1, 0.15) is 79.0 Å². The summed E-state index contributed by atoms with van der Waals surface area (Å²) in [5.74, 6) is 1.90. The molecule has 0 N–H and O–H groups in total. The van der Waals surface area contributed by atoms with Crippen molar-refractivity contribution in [1.82, 2.24) is 4.98 Å². The smallest absolute Gasteiger partial charge is 0.140 e. The molecule has 0 saturated heterocycles. The first kappa shape index (κ1) is 26.8. The third kappa shape index (κ3) is 5.09. The Hall–Kier alpha value is -3.39. The Morgan fingerprint density at radius 1 is 0.600 bits per heavy atom. The van der Waals surface area contributed by atoms with Crippen molar-refractivity contribution in [2.75, 3.05) is 0 Å². The molecular formula is C38H43NO. The van der Waals surface area contributed by atoms with E-state index < -0.39 is 0 Å². The summed E-state index contributed by atoms with van der Waals surface area (Å²) in [7, 11) is 0. The maximum atomic E-state index is 6.95. The molecule has 0 unspecified atom stereocenters. The fourth-order valence-electron chi connectivity index (χ4n) is 6.48. The van der Waals surface area contributed by atoms with E-state index >= 15 is 0 Å². The molecule has 2 nitrogen and oxygen atoms in total. The average molecular weight is 530 g/mol. The van der Waals surface area contributed by atoms with Gasteiger partial charge < -0.3 is 4.74 Å². The predicted octanol–water partition coefficient (Wildman–Crippen LogP) is 11.1.